The fraction of sp³-hybridized carbons (Fsp3) is 0.467. The zero-order valence-electron chi connectivity index (χ0n) is 12.6. The molecule has 5 nitrogen and oxygen atoms in total. The van der Waals surface area contributed by atoms with E-state index in [9.17, 15) is 22.8 Å². The fourth-order valence-corrected chi connectivity index (χ4v) is 2.42. The number of amides is 2. The summed E-state index contributed by atoms with van der Waals surface area (Å²) in [5.74, 6) is -0.342. The first kappa shape index (κ1) is 17.1. The maximum atomic E-state index is 12.5. The fourth-order valence-electron chi connectivity index (χ4n) is 2.42. The third-order valence-corrected chi connectivity index (χ3v) is 3.68. The molecule has 1 aliphatic rings. The summed E-state index contributed by atoms with van der Waals surface area (Å²) in [5.41, 5.74) is -0.591. The monoisotopic (exact) mass is 330 g/mol. The molecule has 1 aromatic carbocycles. The van der Waals surface area contributed by atoms with Gasteiger partial charge in [-0.15, -0.1) is 0 Å². The van der Waals surface area contributed by atoms with Gasteiger partial charge in [-0.2, -0.15) is 13.2 Å². The number of nitrogens with zero attached hydrogens (tertiary/aromatic N) is 2. The van der Waals surface area contributed by atoms with Crippen molar-refractivity contribution in [2.24, 2.45) is 0 Å². The summed E-state index contributed by atoms with van der Waals surface area (Å²) in [6.07, 6.45) is -4.29. The van der Waals surface area contributed by atoms with Crippen molar-refractivity contribution in [2.45, 2.75) is 12.6 Å². The lowest BCUT2D eigenvalue weighted by atomic mass is 10.1. The number of carbonyl (C=O) groups excluding carboxylic acids is 2. The summed E-state index contributed by atoms with van der Waals surface area (Å²) in [6, 6.07) is 4.14. The van der Waals surface area contributed by atoms with E-state index in [0.717, 1.165) is 12.1 Å². The van der Waals surface area contributed by atoms with Crippen molar-refractivity contribution in [2.75, 3.05) is 33.3 Å². The minimum absolute atomic E-state index is 0.199. The highest BCUT2D eigenvalue weighted by Crippen LogP contribution is 2.29. The Balaban J connectivity index is 2.04. The second-order valence-electron chi connectivity index (χ2n) is 5.18. The Bertz CT molecular complexity index is 572. The second kappa shape index (κ2) is 6.89. The molecule has 0 spiro atoms. The number of hydrogen-bond donors (Lipinski definition) is 0. The SMILES string of the molecule is COC(=O)N1CCCN(C(=O)c2ccc(C(F)(F)F)cc2)CC1. The van der Waals surface area contributed by atoms with E-state index in [1.165, 1.54) is 29.0 Å². The van der Waals surface area contributed by atoms with Gasteiger partial charge in [0, 0.05) is 31.7 Å². The van der Waals surface area contributed by atoms with Crippen LogP contribution in [0.15, 0.2) is 24.3 Å². The highest BCUT2D eigenvalue weighted by molar-refractivity contribution is 5.94. The third-order valence-electron chi connectivity index (χ3n) is 3.68. The first-order chi connectivity index (χ1) is 10.8. The van der Waals surface area contributed by atoms with Crippen LogP contribution in [0, 0.1) is 0 Å². The van der Waals surface area contributed by atoms with Gasteiger partial charge in [0.15, 0.2) is 0 Å². The normalized spacial score (nSPS) is 16.0. The van der Waals surface area contributed by atoms with Crippen LogP contribution in [0.1, 0.15) is 22.3 Å². The average Bonchev–Trinajstić information content (AvgIpc) is 2.78. The van der Waals surface area contributed by atoms with Crippen LogP contribution in [0.25, 0.3) is 0 Å². The van der Waals surface area contributed by atoms with Gasteiger partial charge in [0.1, 0.15) is 0 Å². The maximum Gasteiger partial charge on any atom is 0.416 e. The Morgan fingerprint density at radius 2 is 1.57 bits per heavy atom. The van der Waals surface area contributed by atoms with E-state index in [4.69, 9.17) is 0 Å². The van der Waals surface area contributed by atoms with E-state index in [-0.39, 0.29) is 11.5 Å². The number of hydrogen-bond acceptors (Lipinski definition) is 3. The Morgan fingerprint density at radius 3 is 2.13 bits per heavy atom. The molecule has 0 bridgehead atoms. The Kier molecular flexibility index (Phi) is 5.12. The number of halogens is 3. The molecule has 1 aliphatic heterocycles. The molecule has 0 atom stereocenters. The molecule has 2 rings (SSSR count). The molecule has 1 saturated heterocycles. The third kappa shape index (κ3) is 4.14. The van der Waals surface area contributed by atoms with Crippen LogP contribution >= 0.6 is 0 Å². The predicted octanol–water partition coefficient (Wildman–Crippen LogP) is 2.62. The van der Waals surface area contributed by atoms with Crippen molar-refractivity contribution < 1.29 is 27.5 Å². The van der Waals surface area contributed by atoms with Crippen molar-refractivity contribution in [1.82, 2.24) is 9.80 Å². The smallest absolute Gasteiger partial charge is 0.416 e. The molecule has 23 heavy (non-hydrogen) atoms. The molecular formula is C15H17F3N2O3. The van der Waals surface area contributed by atoms with Gasteiger partial charge in [-0.25, -0.2) is 4.79 Å². The van der Waals surface area contributed by atoms with Crippen LogP contribution in [-0.2, 0) is 10.9 Å². The van der Waals surface area contributed by atoms with E-state index in [2.05, 4.69) is 4.74 Å². The molecule has 0 aromatic heterocycles. The molecule has 1 fully saturated rings. The molecule has 0 radical (unpaired) electrons. The van der Waals surface area contributed by atoms with Gasteiger partial charge in [-0.1, -0.05) is 0 Å². The van der Waals surface area contributed by atoms with Crippen LogP contribution in [0.5, 0.6) is 0 Å². The topological polar surface area (TPSA) is 49.9 Å². The van der Waals surface area contributed by atoms with Crippen LogP contribution in [0.2, 0.25) is 0 Å². The summed E-state index contributed by atoms with van der Waals surface area (Å²) in [6.45, 7) is 1.56. The quantitative estimate of drug-likeness (QED) is 0.795. The predicted molar refractivity (Wildman–Crippen MR) is 75.9 cm³/mol. The minimum Gasteiger partial charge on any atom is -0.453 e. The van der Waals surface area contributed by atoms with Crippen molar-refractivity contribution in [1.29, 1.82) is 0 Å². The molecule has 0 saturated carbocycles. The lowest BCUT2D eigenvalue weighted by Gasteiger charge is -2.21. The number of carbonyl (C=O) groups is 2. The zero-order chi connectivity index (χ0) is 17.0. The van der Waals surface area contributed by atoms with Gasteiger partial charge >= 0.3 is 12.3 Å². The number of rotatable bonds is 1. The Labute approximate surface area is 131 Å². The van der Waals surface area contributed by atoms with Crippen LogP contribution in [0.3, 0.4) is 0 Å². The molecule has 1 heterocycles. The summed E-state index contributed by atoms with van der Waals surface area (Å²) >= 11 is 0. The Morgan fingerprint density at radius 1 is 1.00 bits per heavy atom. The lowest BCUT2D eigenvalue weighted by Crippen LogP contribution is -2.37. The molecular weight excluding hydrogens is 313 g/mol. The van der Waals surface area contributed by atoms with Gasteiger partial charge in [0.2, 0.25) is 0 Å². The molecule has 1 aromatic rings. The maximum absolute atomic E-state index is 12.5. The van der Waals surface area contributed by atoms with Crippen molar-refractivity contribution in [3.63, 3.8) is 0 Å². The molecule has 0 unspecified atom stereocenters. The van der Waals surface area contributed by atoms with E-state index in [1.807, 2.05) is 0 Å². The molecule has 0 N–H and O–H groups in total. The summed E-state index contributed by atoms with van der Waals surface area (Å²) in [4.78, 5) is 26.9. The van der Waals surface area contributed by atoms with Gasteiger partial charge in [-0.3, -0.25) is 4.79 Å². The van der Waals surface area contributed by atoms with Gasteiger partial charge < -0.3 is 14.5 Å². The number of ether oxygens (including phenoxy) is 1. The van der Waals surface area contributed by atoms with Crippen LogP contribution in [0.4, 0.5) is 18.0 Å². The number of methoxy groups -OCH3 is 1. The standard InChI is InChI=1S/C15H17F3N2O3/c1-23-14(22)20-8-2-7-19(9-10-20)13(21)11-3-5-12(6-4-11)15(16,17)18/h3-6H,2,7-10H2,1H3. The highest BCUT2D eigenvalue weighted by atomic mass is 19.4. The highest BCUT2D eigenvalue weighted by Gasteiger charge is 2.30. The molecule has 126 valence electrons. The van der Waals surface area contributed by atoms with Gasteiger partial charge in [0.05, 0.1) is 12.7 Å². The van der Waals surface area contributed by atoms with E-state index >= 15 is 0 Å². The van der Waals surface area contributed by atoms with Crippen molar-refractivity contribution in [3.05, 3.63) is 35.4 Å². The van der Waals surface area contributed by atoms with E-state index in [1.54, 1.807) is 0 Å². The van der Waals surface area contributed by atoms with Crippen LogP contribution < -0.4 is 0 Å². The van der Waals surface area contributed by atoms with Crippen LogP contribution in [-0.4, -0.2) is 55.1 Å². The first-order valence-corrected chi connectivity index (χ1v) is 7.12. The second-order valence-corrected chi connectivity index (χ2v) is 5.18. The molecule has 8 heteroatoms. The van der Waals surface area contributed by atoms with E-state index < -0.39 is 17.8 Å². The summed E-state index contributed by atoms with van der Waals surface area (Å²) < 4.78 is 42.3. The number of alkyl halides is 3. The number of benzene rings is 1. The van der Waals surface area contributed by atoms with Gasteiger partial charge in [0.25, 0.3) is 5.91 Å². The largest absolute Gasteiger partial charge is 0.453 e. The Hall–Kier alpha value is -2.25. The minimum atomic E-state index is -4.43. The summed E-state index contributed by atoms with van der Waals surface area (Å²) in [5, 5.41) is 0. The molecule has 0 aliphatic carbocycles. The zero-order valence-corrected chi connectivity index (χ0v) is 12.6. The first-order valence-electron chi connectivity index (χ1n) is 7.12. The summed E-state index contributed by atoms with van der Waals surface area (Å²) in [7, 11) is 1.29. The van der Waals surface area contributed by atoms with Crippen molar-refractivity contribution in [3.8, 4) is 0 Å². The molecule has 2 amide bonds. The van der Waals surface area contributed by atoms with Crippen molar-refractivity contribution >= 4 is 12.0 Å². The van der Waals surface area contributed by atoms with Gasteiger partial charge in [-0.05, 0) is 30.7 Å². The van der Waals surface area contributed by atoms with E-state index in [0.29, 0.717) is 32.6 Å². The lowest BCUT2D eigenvalue weighted by molar-refractivity contribution is -0.137. The average molecular weight is 330 g/mol.